The minimum Gasteiger partial charge on any atom is -0.331 e. The van der Waals surface area contributed by atoms with Crippen molar-refractivity contribution in [3.05, 3.63) is 35.1 Å². The molecule has 0 aromatic heterocycles. The molecule has 1 aromatic carbocycles. The molecule has 6 nitrogen and oxygen atoms in total. The second kappa shape index (κ2) is 7.95. The number of carbonyl (C=O) groups is 2. The first kappa shape index (κ1) is 19.4. The van der Waals surface area contributed by atoms with Crippen molar-refractivity contribution in [2.24, 2.45) is 0 Å². The summed E-state index contributed by atoms with van der Waals surface area (Å²) in [4.78, 5) is 25.8. The molecule has 0 spiro atoms. The first-order chi connectivity index (χ1) is 11.7. The Morgan fingerprint density at radius 3 is 2.72 bits per heavy atom. The molecular weight excluding hydrogens is 347 g/mol. The molecule has 0 aliphatic carbocycles. The molecule has 1 heterocycles. The number of sulfonamides is 1. The highest BCUT2D eigenvalue weighted by Gasteiger charge is 2.35. The average Bonchev–Trinajstić information content (AvgIpc) is 2.99. The number of hydrogen-bond acceptors (Lipinski definition) is 4. The standard InChI is InChI=1S/C17H23FN2O4S/c1-3-5-16(21)20-9-4-6-15(20)17(22)19-25(23,24)11-13-8-7-12(2)10-14(13)18/h7-8,10,15H,3-6,9,11H2,1-2H3,(H,19,22)/t15-/m0/s1. The van der Waals surface area contributed by atoms with Crippen LogP contribution in [0.3, 0.4) is 0 Å². The topological polar surface area (TPSA) is 83.6 Å². The van der Waals surface area contributed by atoms with Crippen LogP contribution in [0, 0.1) is 12.7 Å². The lowest BCUT2D eigenvalue weighted by atomic mass is 10.2. The van der Waals surface area contributed by atoms with Crippen LogP contribution in [-0.4, -0.2) is 37.7 Å². The summed E-state index contributed by atoms with van der Waals surface area (Å²) >= 11 is 0. The molecule has 2 amide bonds. The van der Waals surface area contributed by atoms with E-state index in [1.165, 1.54) is 17.0 Å². The number of aryl methyl sites for hydroxylation is 1. The average molecular weight is 370 g/mol. The van der Waals surface area contributed by atoms with Crippen LogP contribution in [0.4, 0.5) is 4.39 Å². The summed E-state index contributed by atoms with van der Waals surface area (Å²) in [7, 11) is -4.05. The van der Waals surface area contributed by atoms with E-state index in [4.69, 9.17) is 0 Å². The Kier molecular flexibility index (Phi) is 6.16. The Balaban J connectivity index is 2.06. The van der Waals surface area contributed by atoms with Gasteiger partial charge in [-0.25, -0.2) is 12.8 Å². The molecule has 138 valence electrons. The summed E-state index contributed by atoms with van der Waals surface area (Å²) in [6.45, 7) is 4.01. The van der Waals surface area contributed by atoms with Gasteiger partial charge in [-0.05, 0) is 37.8 Å². The Labute approximate surface area is 147 Å². The zero-order chi connectivity index (χ0) is 18.6. The Bertz CT molecular complexity index is 764. The number of amides is 2. The lowest BCUT2D eigenvalue weighted by Gasteiger charge is -2.23. The SMILES string of the molecule is CCCC(=O)N1CCC[C@H]1C(=O)NS(=O)(=O)Cc1ccc(C)cc1F. The summed E-state index contributed by atoms with van der Waals surface area (Å²) in [6, 6.07) is 3.46. The van der Waals surface area contributed by atoms with E-state index in [9.17, 15) is 22.4 Å². The van der Waals surface area contributed by atoms with Gasteiger partial charge >= 0.3 is 0 Å². The molecule has 2 rings (SSSR count). The Hall–Kier alpha value is -1.96. The van der Waals surface area contributed by atoms with Gasteiger partial charge in [-0.2, -0.15) is 0 Å². The van der Waals surface area contributed by atoms with Gasteiger partial charge in [-0.1, -0.05) is 19.1 Å². The van der Waals surface area contributed by atoms with Crippen molar-refractivity contribution in [2.45, 2.75) is 51.3 Å². The third-order valence-corrected chi connectivity index (χ3v) is 5.35. The number of carbonyl (C=O) groups excluding carboxylic acids is 2. The van der Waals surface area contributed by atoms with Gasteiger partial charge in [0.05, 0.1) is 5.75 Å². The third-order valence-electron chi connectivity index (χ3n) is 4.15. The molecular formula is C17H23FN2O4S. The zero-order valence-electron chi connectivity index (χ0n) is 14.4. The first-order valence-corrected chi connectivity index (χ1v) is 9.97. The van der Waals surface area contributed by atoms with Gasteiger partial charge in [-0.15, -0.1) is 0 Å². The van der Waals surface area contributed by atoms with Crippen molar-refractivity contribution in [3.8, 4) is 0 Å². The van der Waals surface area contributed by atoms with Gasteiger partial charge in [0, 0.05) is 18.5 Å². The van der Waals surface area contributed by atoms with E-state index < -0.39 is 33.5 Å². The van der Waals surface area contributed by atoms with Gasteiger partial charge in [0.1, 0.15) is 11.9 Å². The number of hydrogen-bond donors (Lipinski definition) is 1. The molecule has 1 aromatic rings. The molecule has 8 heteroatoms. The molecule has 1 N–H and O–H groups in total. The molecule has 25 heavy (non-hydrogen) atoms. The molecule has 0 radical (unpaired) electrons. The fourth-order valence-electron chi connectivity index (χ4n) is 2.93. The van der Waals surface area contributed by atoms with Gasteiger partial charge < -0.3 is 4.90 Å². The molecule has 1 fully saturated rings. The molecule has 1 atom stereocenters. The van der Waals surface area contributed by atoms with Crippen LogP contribution in [-0.2, 0) is 25.4 Å². The second-order valence-electron chi connectivity index (χ2n) is 6.32. The minimum absolute atomic E-state index is 0.00348. The smallest absolute Gasteiger partial charge is 0.256 e. The Morgan fingerprint density at radius 2 is 2.08 bits per heavy atom. The van der Waals surface area contributed by atoms with Crippen molar-refractivity contribution in [3.63, 3.8) is 0 Å². The van der Waals surface area contributed by atoms with Crippen LogP contribution >= 0.6 is 0 Å². The van der Waals surface area contributed by atoms with E-state index in [-0.39, 0.29) is 11.5 Å². The quantitative estimate of drug-likeness (QED) is 0.829. The monoisotopic (exact) mass is 370 g/mol. The van der Waals surface area contributed by atoms with Crippen LogP contribution in [0.2, 0.25) is 0 Å². The summed E-state index contributed by atoms with van der Waals surface area (Å²) in [5.74, 6) is -2.13. The highest BCUT2D eigenvalue weighted by Crippen LogP contribution is 2.20. The molecule has 0 bridgehead atoms. The maximum Gasteiger partial charge on any atom is 0.256 e. The van der Waals surface area contributed by atoms with Crippen LogP contribution in [0.25, 0.3) is 0 Å². The van der Waals surface area contributed by atoms with Gasteiger partial charge in [0.25, 0.3) is 5.91 Å². The number of nitrogens with zero attached hydrogens (tertiary/aromatic N) is 1. The fraction of sp³-hybridized carbons (Fsp3) is 0.529. The molecule has 1 saturated heterocycles. The maximum absolute atomic E-state index is 13.8. The summed E-state index contributed by atoms with van der Waals surface area (Å²) < 4.78 is 40.2. The van der Waals surface area contributed by atoms with E-state index in [1.807, 2.05) is 11.6 Å². The lowest BCUT2D eigenvalue weighted by Crippen LogP contribution is -2.47. The van der Waals surface area contributed by atoms with Gasteiger partial charge in [-0.3, -0.25) is 14.3 Å². The highest BCUT2D eigenvalue weighted by molar-refractivity contribution is 7.89. The van der Waals surface area contributed by atoms with Crippen molar-refractivity contribution in [2.75, 3.05) is 6.54 Å². The summed E-state index contributed by atoms with van der Waals surface area (Å²) in [5.41, 5.74) is 0.676. The number of nitrogens with one attached hydrogen (secondary N) is 1. The first-order valence-electron chi connectivity index (χ1n) is 8.32. The predicted octanol–water partition coefficient (Wildman–Crippen LogP) is 1.87. The van der Waals surface area contributed by atoms with Crippen LogP contribution < -0.4 is 4.72 Å². The maximum atomic E-state index is 13.8. The predicted molar refractivity (Wildman–Crippen MR) is 91.5 cm³/mol. The van der Waals surface area contributed by atoms with E-state index >= 15 is 0 Å². The van der Waals surface area contributed by atoms with Crippen molar-refractivity contribution < 1.29 is 22.4 Å². The van der Waals surface area contributed by atoms with Crippen LogP contribution in [0.5, 0.6) is 0 Å². The van der Waals surface area contributed by atoms with Crippen molar-refractivity contribution in [1.29, 1.82) is 0 Å². The number of halogens is 1. The molecule has 1 aliphatic rings. The van der Waals surface area contributed by atoms with Crippen molar-refractivity contribution >= 4 is 21.8 Å². The zero-order valence-corrected chi connectivity index (χ0v) is 15.2. The van der Waals surface area contributed by atoms with E-state index in [1.54, 1.807) is 13.0 Å². The lowest BCUT2D eigenvalue weighted by molar-refractivity contribution is -0.137. The third kappa shape index (κ3) is 5.01. The minimum atomic E-state index is -4.05. The molecule has 0 saturated carbocycles. The van der Waals surface area contributed by atoms with Gasteiger partial charge in [0.15, 0.2) is 0 Å². The normalized spacial score (nSPS) is 17.6. The van der Waals surface area contributed by atoms with Gasteiger partial charge in [0.2, 0.25) is 15.9 Å². The van der Waals surface area contributed by atoms with Crippen LogP contribution in [0.15, 0.2) is 18.2 Å². The van der Waals surface area contributed by atoms with E-state index in [0.29, 0.717) is 37.8 Å². The van der Waals surface area contributed by atoms with E-state index in [0.717, 1.165) is 0 Å². The fourth-order valence-corrected chi connectivity index (χ4v) is 4.09. The summed E-state index contributed by atoms with van der Waals surface area (Å²) in [6.07, 6.45) is 2.07. The largest absolute Gasteiger partial charge is 0.331 e. The van der Waals surface area contributed by atoms with E-state index in [2.05, 4.69) is 0 Å². The van der Waals surface area contributed by atoms with Crippen LogP contribution in [0.1, 0.15) is 43.7 Å². The molecule has 1 aliphatic heterocycles. The number of likely N-dealkylation sites (tertiary alicyclic amines) is 1. The number of benzene rings is 1. The summed E-state index contributed by atoms with van der Waals surface area (Å²) in [5, 5.41) is 0. The van der Waals surface area contributed by atoms with Crippen molar-refractivity contribution in [1.82, 2.24) is 9.62 Å². The highest BCUT2D eigenvalue weighted by atomic mass is 32.2. The Morgan fingerprint density at radius 1 is 1.36 bits per heavy atom. The molecule has 0 unspecified atom stereocenters. The second-order valence-corrected chi connectivity index (χ2v) is 8.04. The number of rotatable bonds is 6.